The smallest absolute Gasteiger partial charge is 0.144 e. The lowest BCUT2D eigenvalue weighted by Gasteiger charge is -1.98. The van der Waals surface area contributed by atoms with Crippen molar-refractivity contribution < 1.29 is 4.84 Å². The average molecular weight is 111 g/mol. The maximum absolute atomic E-state index is 5.11. The SMILES string of the molecule is CC1=NOC2(C)CC12. The van der Waals surface area contributed by atoms with Gasteiger partial charge in [0.25, 0.3) is 0 Å². The fraction of sp³-hybridized carbons (Fsp3) is 0.833. The Morgan fingerprint density at radius 3 is 2.75 bits per heavy atom. The summed E-state index contributed by atoms with van der Waals surface area (Å²) >= 11 is 0. The molecule has 1 aliphatic carbocycles. The highest BCUT2D eigenvalue weighted by molar-refractivity contribution is 5.89. The topological polar surface area (TPSA) is 21.6 Å². The lowest BCUT2D eigenvalue weighted by atomic mass is 10.2. The zero-order valence-electron chi connectivity index (χ0n) is 5.14. The number of hydrogen-bond donors (Lipinski definition) is 0. The van der Waals surface area contributed by atoms with Crippen LogP contribution in [0.4, 0.5) is 0 Å². The number of nitrogens with zero attached hydrogens (tertiary/aromatic N) is 1. The standard InChI is InChI=1S/C6H9NO/c1-4-5-3-6(5,2)8-7-4/h5H,3H2,1-2H3. The molecule has 8 heavy (non-hydrogen) atoms. The molecule has 2 rings (SSSR count). The predicted octanol–water partition coefficient (Wildman–Crippen LogP) is 1.17. The largest absolute Gasteiger partial charge is 0.389 e. The van der Waals surface area contributed by atoms with Crippen LogP contribution in [0.5, 0.6) is 0 Å². The molecule has 1 saturated carbocycles. The summed E-state index contributed by atoms with van der Waals surface area (Å²) in [5.74, 6) is 0.655. The van der Waals surface area contributed by atoms with Crippen molar-refractivity contribution in [2.45, 2.75) is 25.9 Å². The summed E-state index contributed by atoms with van der Waals surface area (Å²) in [6.07, 6.45) is 1.18. The van der Waals surface area contributed by atoms with E-state index in [2.05, 4.69) is 12.1 Å². The van der Waals surface area contributed by atoms with Gasteiger partial charge in [0.1, 0.15) is 5.60 Å². The molecule has 0 bridgehead atoms. The minimum Gasteiger partial charge on any atom is -0.389 e. The van der Waals surface area contributed by atoms with Crippen LogP contribution in [0.15, 0.2) is 5.16 Å². The first-order chi connectivity index (χ1) is 3.72. The van der Waals surface area contributed by atoms with Crippen molar-refractivity contribution >= 4 is 5.71 Å². The van der Waals surface area contributed by atoms with Gasteiger partial charge in [-0.05, 0) is 13.8 Å². The molecule has 1 heterocycles. The van der Waals surface area contributed by atoms with Crippen LogP contribution in [-0.2, 0) is 4.84 Å². The van der Waals surface area contributed by atoms with E-state index >= 15 is 0 Å². The number of oxime groups is 1. The predicted molar refractivity (Wildman–Crippen MR) is 30.7 cm³/mol. The van der Waals surface area contributed by atoms with Crippen LogP contribution < -0.4 is 0 Å². The van der Waals surface area contributed by atoms with Gasteiger partial charge in [-0.15, -0.1) is 0 Å². The fourth-order valence-electron chi connectivity index (χ4n) is 1.28. The molecule has 2 heteroatoms. The van der Waals surface area contributed by atoms with E-state index < -0.39 is 0 Å². The van der Waals surface area contributed by atoms with Crippen molar-refractivity contribution in [2.75, 3.05) is 0 Å². The Morgan fingerprint density at radius 2 is 2.62 bits per heavy atom. The highest BCUT2D eigenvalue weighted by Gasteiger charge is 2.58. The Kier molecular flexibility index (Phi) is 0.504. The van der Waals surface area contributed by atoms with Gasteiger partial charge in [-0.1, -0.05) is 5.16 Å². The van der Waals surface area contributed by atoms with Gasteiger partial charge in [0.15, 0.2) is 0 Å². The summed E-state index contributed by atoms with van der Waals surface area (Å²) in [5, 5.41) is 3.86. The van der Waals surface area contributed by atoms with Crippen LogP contribution in [0.2, 0.25) is 0 Å². The first kappa shape index (κ1) is 4.36. The van der Waals surface area contributed by atoms with Crippen LogP contribution in [0.25, 0.3) is 0 Å². The first-order valence-corrected chi connectivity index (χ1v) is 2.95. The molecule has 0 aromatic carbocycles. The molecule has 0 aromatic rings. The van der Waals surface area contributed by atoms with Gasteiger partial charge in [0, 0.05) is 12.3 Å². The third-order valence-corrected chi connectivity index (χ3v) is 2.09. The monoisotopic (exact) mass is 111 g/mol. The fourth-order valence-corrected chi connectivity index (χ4v) is 1.28. The van der Waals surface area contributed by atoms with Gasteiger partial charge >= 0.3 is 0 Å². The minimum atomic E-state index is 0.129. The van der Waals surface area contributed by atoms with Gasteiger partial charge in [0.2, 0.25) is 0 Å². The Labute approximate surface area is 48.5 Å². The second-order valence-electron chi connectivity index (χ2n) is 2.89. The maximum Gasteiger partial charge on any atom is 0.144 e. The van der Waals surface area contributed by atoms with E-state index in [1.165, 1.54) is 12.1 Å². The summed E-state index contributed by atoms with van der Waals surface area (Å²) in [6, 6.07) is 0. The molecule has 2 nitrogen and oxygen atoms in total. The van der Waals surface area contributed by atoms with Crippen LogP contribution in [0.3, 0.4) is 0 Å². The Morgan fingerprint density at radius 1 is 1.88 bits per heavy atom. The third kappa shape index (κ3) is 0.320. The summed E-state index contributed by atoms with van der Waals surface area (Å²) in [5.41, 5.74) is 1.30. The minimum absolute atomic E-state index is 0.129. The van der Waals surface area contributed by atoms with E-state index in [-0.39, 0.29) is 5.60 Å². The maximum atomic E-state index is 5.11. The van der Waals surface area contributed by atoms with Crippen molar-refractivity contribution in [3.05, 3.63) is 0 Å². The normalized spacial score (nSPS) is 49.8. The molecular weight excluding hydrogens is 102 g/mol. The van der Waals surface area contributed by atoms with Gasteiger partial charge in [-0.3, -0.25) is 0 Å². The van der Waals surface area contributed by atoms with Crippen molar-refractivity contribution in [3.63, 3.8) is 0 Å². The molecule has 0 saturated heterocycles. The number of rotatable bonds is 0. The molecule has 1 fully saturated rings. The Bertz CT molecular complexity index is 164. The zero-order chi connectivity index (χ0) is 5.78. The van der Waals surface area contributed by atoms with Crippen molar-refractivity contribution in [3.8, 4) is 0 Å². The van der Waals surface area contributed by atoms with E-state index in [9.17, 15) is 0 Å². The molecule has 0 radical (unpaired) electrons. The molecule has 0 N–H and O–H groups in total. The molecule has 0 aromatic heterocycles. The molecular formula is C6H9NO. The Balaban J connectivity index is 2.27. The van der Waals surface area contributed by atoms with Crippen LogP contribution in [0.1, 0.15) is 20.3 Å². The Hall–Kier alpha value is -0.530. The van der Waals surface area contributed by atoms with Crippen molar-refractivity contribution in [1.82, 2.24) is 0 Å². The highest BCUT2D eigenvalue weighted by atomic mass is 16.7. The average Bonchev–Trinajstić information content (AvgIpc) is 2.32. The molecule has 44 valence electrons. The lowest BCUT2D eigenvalue weighted by molar-refractivity contribution is 0.0619. The molecule has 1 aliphatic heterocycles. The quantitative estimate of drug-likeness (QED) is 0.460. The molecule has 2 unspecified atom stereocenters. The van der Waals surface area contributed by atoms with E-state index in [1.807, 2.05) is 6.92 Å². The second kappa shape index (κ2) is 0.925. The number of hydrogen-bond acceptors (Lipinski definition) is 2. The zero-order valence-corrected chi connectivity index (χ0v) is 5.14. The molecule has 0 amide bonds. The van der Waals surface area contributed by atoms with E-state index in [0.29, 0.717) is 5.92 Å². The highest BCUT2D eigenvalue weighted by Crippen LogP contribution is 2.51. The van der Waals surface area contributed by atoms with Crippen molar-refractivity contribution in [1.29, 1.82) is 0 Å². The summed E-state index contributed by atoms with van der Waals surface area (Å²) < 4.78 is 0. The second-order valence-corrected chi connectivity index (χ2v) is 2.89. The molecule has 2 aliphatic rings. The third-order valence-electron chi connectivity index (χ3n) is 2.09. The van der Waals surface area contributed by atoms with Crippen LogP contribution in [-0.4, -0.2) is 11.3 Å². The number of fused-ring (bicyclic) bond motifs is 1. The van der Waals surface area contributed by atoms with Gasteiger partial charge in [-0.2, -0.15) is 0 Å². The summed E-state index contributed by atoms with van der Waals surface area (Å²) in [6.45, 7) is 4.14. The van der Waals surface area contributed by atoms with E-state index in [1.54, 1.807) is 0 Å². The van der Waals surface area contributed by atoms with Gasteiger partial charge < -0.3 is 4.84 Å². The molecule has 2 atom stereocenters. The summed E-state index contributed by atoms with van der Waals surface area (Å²) in [7, 11) is 0. The van der Waals surface area contributed by atoms with Crippen molar-refractivity contribution in [2.24, 2.45) is 11.1 Å². The van der Waals surface area contributed by atoms with Crippen LogP contribution in [0, 0.1) is 5.92 Å². The van der Waals surface area contributed by atoms with Gasteiger partial charge in [-0.25, -0.2) is 0 Å². The van der Waals surface area contributed by atoms with E-state index in [4.69, 9.17) is 4.84 Å². The summed E-state index contributed by atoms with van der Waals surface area (Å²) in [4.78, 5) is 5.11. The molecule has 0 spiro atoms. The van der Waals surface area contributed by atoms with Gasteiger partial charge in [0.05, 0.1) is 5.71 Å². The first-order valence-electron chi connectivity index (χ1n) is 2.95. The van der Waals surface area contributed by atoms with Crippen LogP contribution >= 0.6 is 0 Å². The van der Waals surface area contributed by atoms with E-state index in [0.717, 1.165) is 0 Å². The lowest BCUT2D eigenvalue weighted by Crippen LogP contribution is -2.03.